The smallest absolute Gasteiger partial charge is 0.327 e. The number of aromatic nitrogens is 2. The highest BCUT2D eigenvalue weighted by Gasteiger charge is 2.22. The van der Waals surface area contributed by atoms with Crippen molar-refractivity contribution in [2.24, 2.45) is 5.73 Å². The van der Waals surface area contributed by atoms with E-state index in [4.69, 9.17) is 10.5 Å². The molecule has 2 N–H and O–H groups in total. The molecule has 0 radical (unpaired) electrons. The monoisotopic (exact) mass is 316 g/mol. The van der Waals surface area contributed by atoms with Crippen molar-refractivity contribution in [3.05, 3.63) is 17.0 Å². The third-order valence-electron chi connectivity index (χ3n) is 3.81. The van der Waals surface area contributed by atoms with Crippen molar-refractivity contribution in [1.82, 2.24) is 14.7 Å². The van der Waals surface area contributed by atoms with Gasteiger partial charge in [-0.1, -0.05) is 0 Å². The molecule has 0 aliphatic carbocycles. The van der Waals surface area contributed by atoms with Crippen LogP contribution in [0, 0.1) is 13.8 Å². The summed E-state index contributed by atoms with van der Waals surface area (Å²) < 4.78 is 6.71. The summed E-state index contributed by atoms with van der Waals surface area (Å²) in [7, 11) is 0. The second kappa shape index (κ2) is 7.77. The molecular formula is C14H25ClN4O2. The fourth-order valence-electron chi connectivity index (χ4n) is 2.68. The van der Waals surface area contributed by atoms with E-state index in [1.54, 1.807) is 11.6 Å². The molecule has 6 nitrogen and oxygen atoms in total. The molecule has 0 aromatic carbocycles. The van der Waals surface area contributed by atoms with Gasteiger partial charge in [0, 0.05) is 36.9 Å². The summed E-state index contributed by atoms with van der Waals surface area (Å²) >= 11 is 0. The number of nitrogens with zero attached hydrogens (tertiary/aromatic N) is 3. The Morgan fingerprint density at radius 3 is 2.76 bits per heavy atom. The van der Waals surface area contributed by atoms with Gasteiger partial charge in [0.2, 0.25) is 0 Å². The molecule has 1 fully saturated rings. The average molecular weight is 317 g/mol. The first-order valence-corrected chi connectivity index (χ1v) is 7.17. The molecular weight excluding hydrogens is 292 g/mol. The quantitative estimate of drug-likeness (QED) is 0.821. The maximum atomic E-state index is 11.6. The van der Waals surface area contributed by atoms with Crippen molar-refractivity contribution in [1.29, 1.82) is 0 Å². The fraction of sp³-hybridized carbons (Fsp3) is 0.714. The number of nitrogens with two attached hydrogens (primary N) is 1. The maximum absolute atomic E-state index is 11.6. The summed E-state index contributed by atoms with van der Waals surface area (Å²) in [6.07, 6.45) is 1.05. The van der Waals surface area contributed by atoms with Crippen LogP contribution >= 0.6 is 12.4 Å². The Kier molecular flexibility index (Phi) is 6.64. The molecule has 0 spiro atoms. The van der Waals surface area contributed by atoms with Gasteiger partial charge in [-0.25, -0.2) is 0 Å². The fourth-order valence-corrected chi connectivity index (χ4v) is 2.68. The lowest BCUT2D eigenvalue weighted by Gasteiger charge is -2.15. The van der Waals surface area contributed by atoms with E-state index in [1.165, 1.54) is 5.56 Å². The van der Waals surface area contributed by atoms with E-state index in [9.17, 15) is 4.79 Å². The summed E-state index contributed by atoms with van der Waals surface area (Å²) in [6.45, 7) is 9.20. The molecule has 1 aliphatic heterocycles. The number of aryl methyl sites for hydroxylation is 1. The van der Waals surface area contributed by atoms with E-state index in [0.717, 1.165) is 37.4 Å². The minimum absolute atomic E-state index is 0. The van der Waals surface area contributed by atoms with Gasteiger partial charge in [-0.3, -0.25) is 14.4 Å². The minimum atomic E-state index is -0.243. The summed E-state index contributed by atoms with van der Waals surface area (Å²) in [5.41, 5.74) is 9.15. The topological polar surface area (TPSA) is 73.4 Å². The minimum Gasteiger partial charge on any atom is -0.465 e. The number of halogens is 1. The Bertz CT molecular complexity index is 490. The van der Waals surface area contributed by atoms with Gasteiger partial charge in [0.05, 0.1) is 12.3 Å². The van der Waals surface area contributed by atoms with Crippen LogP contribution in [0.5, 0.6) is 0 Å². The number of hydrogen-bond acceptors (Lipinski definition) is 5. The molecule has 120 valence electrons. The van der Waals surface area contributed by atoms with Crippen molar-refractivity contribution in [2.45, 2.75) is 46.3 Å². The molecule has 21 heavy (non-hydrogen) atoms. The number of rotatable bonds is 5. The second-order valence-corrected chi connectivity index (χ2v) is 5.40. The van der Waals surface area contributed by atoms with Crippen LogP contribution in [0.25, 0.3) is 0 Å². The van der Waals surface area contributed by atoms with Crippen LogP contribution in [-0.4, -0.2) is 46.4 Å². The van der Waals surface area contributed by atoms with Crippen LogP contribution in [0.15, 0.2) is 0 Å². The van der Waals surface area contributed by atoms with Crippen molar-refractivity contribution >= 4 is 18.4 Å². The van der Waals surface area contributed by atoms with Gasteiger partial charge in [-0.05, 0) is 27.2 Å². The van der Waals surface area contributed by atoms with Crippen LogP contribution in [0.1, 0.15) is 30.3 Å². The lowest BCUT2D eigenvalue weighted by molar-refractivity contribution is -0.144. The van der Waals surface area contributed by atoms with Crippen molar-refractivity contribution in [3.8, 4) is 0 Å². The molecule has 2 heterocycles. The molecule has 0 saturated carbocycles. The first kappa shape index (κ1) is 17.9. The maximum Gasteiger partial charge on any atom is 0.327 e. The first-order chi connectivity index (χ1) is 9.51. The molecule has 1 saturated heterocycles. The Morgan fingerprint density at radius 2 is 2.19 bits per heavy atom. The summed E-state index contributed by atoms with van der Waals surface area (Å²) in [4.78, 5) is 13.9. The predicted molar refractivity (Wildman–Crippen MR) is 83.5 cm³/mol. The third kappa shape index (κ3) is 4.43. The Labute approximate surface area is 132 Å². The van der Waals surface area contributed by atoms with E-state index in [-0.39, 0.29) is 31.0 Å². The van der Waals surface area contributed by atoms with E-state index in [0.29, 0.717) is 6.61 Å². The molecule has 1 aromatic heterocycles. The molecule has 7 heteroatoms. The van der Waals surface area contributed by atoms with E-state index in [2.05, 4.69) is 10.00 Å². The number of esters is 1. The number of hydrogen-bond donors (Lipinski definition) is 1. The summed E-state index contributed by atoms with van der Waals surface area (Å²) in [5.74, 6) is -0.243. The number of carbonyl (C=O) groups excluding carboxylic acids is 1. The highest BCUT2D eigenvalue weighted by molar-refractivity contribution is 5.85. The van der Waals surface area contributed by atoms with Gasteiger partial charge in [0.15, 0.2) is 0 Å². The van der Waals surface area contributed by atoms with Crippen LogP contribution < -0.4 is 5.73 Å². The summed E-state index contributed by atoms with van der Waals surface area (Å²) in [5, 5.41) is 4.45. The number of carbonyl (C=O) groups is 1. The van der Waals surface area contributed by atoms with Crippen molar-refractivity contribution < 1.29 is 9.53 Å². The Hall–Kier alpha value is -1.11. The molecule has 0 amide bonds. The van der Waals surface area contributed by atoms with Crippen molar-refractivity contribution in [3.63, 3.8) is 0 Å². The SMILES string of the molecule is CCOC(=O)Cn1nc(C)c(CN2CCC(N)C2)c1C.Cl. The van der Waals surface area contributed by atoms with Gasteiger partial charge in [0.25, 0.3) is 0 Å². The van der Waals surface area contributed by atoms with Gasteiger partial charge >= 0.3 is 5.97 Å². The van der Waals surface area contributed by atoms with Gasteiger partial charge < -0.3 is 10.5 Å². The normalized spacial score (nSPS) is 18.6. The largest absolute Gasteiger partial charge is 0.465 e. The Morgan fingerprint density at radius 1 is 1.48 bits per heavy atom. The van der Waals surface area contributed by atoms with Crippen LogP contribution in [0.4, 0.5) is 0 Å². The highest BCUT2D eigenvalue weighted by atomic mass is 35.5. The number of ether oxygens (including phenoxy) is 1. The summed E-state index contributed by atoms with van der Waals surface area (Å²) in [6, 6.07) is 0.283. The Balaban J connectivity index is 0.00000220. The molecule has 1 aromatic rings. The van der Waals surface area contributed by atoms with Gasteiger partial charge in [0.1, 0.15) is 6.54 Å². The van der Waals surface area contributed by atoms with Crippen LogP contribution in [0.2, 0.25) is 0 Å². The molecule has 2 rings (SSSR count). The zero-order valence-corrected chi connectivity index (χ0v) is 13.8. The molecule has 1 unspecified atom stereocenters. The molecule has 0 bridgehead atoms. The molecule has 1 aliphatic rings. The standard InChI is InChI=1S/C14H24N4O2.ClH/c1-4-20-14(19)9-18-11(3)13(10(2)16-18)8-17-6-5-12(15)7-17;/h12H,4-9,15H2,1-3H3;1H. The average Bonchev–Trinajstić information content (AvgIpc) is 2.89. The van der Waals surface area contributed by atoms with Gasteiger partial charge in [-0.2, -0.15) is 5.10 Å². The van der Waals surface area contributed by atoms with Crippen LogP contribution in [-0.2, 0) is 22.6 Å². The number of likely N-dealkylation sites (tertiary alicyclic amines) is 1. The lowest BCUT2D eigenvalue weighted by Crippen LogP contribution is -2.26. The van der Waals surface area contributed by atoms with Gasteiger partial charge in [-0.15, -0.1) is 12.4 Å². The lowest BCUT2D eigenvalue weighted by atomic mass is 10.2. The third-order valence-corrected chi connectivity index (χ3v) is 3.81. The van der Waals surface area contributed by atoms with Crippen molar-refractivity contribution in [2.75, 3.05) is 19.7 Å². The highest BCUT2D eigenvalue weighted by Crippen LogP contribution is 2.18. The second-order valence-electron chi connectivity index (χ2n) is 5.40. The van der Waals surface area contributed by atoms with E-state index in [1.807, 2.05) is 13.8 Å². The first-order valence-electron chi connectivity index (χ1n) is 7.17. The predicted octanol–water partition coefficient (Wildman–Crippen LogP) is 1.02. The van der Waals surface area contributed by atoms with E-state index >= 15 is 0 Å². The molecule has 1 atom stereocenters. The zero-order valence-electron chi connectivity index (χ0n) is 13.0. The zero-order chi connectivity index (χ0) is 14.7. The van der Waals surface area contributed by atoms with E-state index < -0.39 is 0 Å². The van der Waals surface area contributed by atoms with Crippen LogP contribution in [0.3, 0.4) is 0 Å².